The Bertz CT molecular complexity index is 1260. The number of benzene rings is 2. The van der Waals surface area contributed by atoms with Crippen LogP contribution in [0.2, 0.25) is 0 Å². The maximum atomic E-state index is 13.1. The van der Waals surface area contributed by atoms with Gasteiger partial charge in [-0.25, -0.2) is 13.4 Å². The summed E-state index contributed by atoms with van der Waals surface area (Å²) in [6.07, 6.45) is 0.161. The van der Waals surface area contributed by atoms with Crippen LogP contribution in [0.5, 0.6) is 0 Å². The quantitative estimate of drug-likeness (QED) is 0.571. The molecule has 3 aromatic rings. The lowest BCUT2D eigenvalue weighted by Crippen LogP contribution is -2.40. The minimum atomic E-state index is -3.66. The van der Waals surface area contributed by atoms with E-state index in [9.17, 15) is 13.2 Å². The number of hydrogen-bond donors (Lipinski definition) is 1. The molecule has 1 aliphatic heterocycles. The first-order chi connectivity index (χ1) is 15.7. The molecule has 174 valence electrons. The molecule has 0 atom stereocenters. The number of morpholine rings is 1. The molecule has 1 aromatic heterocycles. The third-order valence-electron chi connectivity index (χ3n) is 5.51. The van der Waals surface area contributed by atoms with Gasteiger partial charge in [-0.1, -0.05) is 35.9 Å². The van der Waals surface area contributed by atoms with Crippen LogP contribution in [-0.4, -0.2) is 49.9 Å². The van der Waals surface area contributed by atoms with Gasteiger partial charge in [0.25, 0.3) is 0 Å². The Balaban J connectivity index is 1.53. The highest BCUT2D eigenvalue weighted by Crippen LogP contribution is 2.29. The van der Waals surface area contributed by atoms with Crippen molar-refractivity contribution in [3.63, 3.8) is 0 Å². The molecule has 4 rings (SSSR count). The molecule has 0 spiro atoms. The van der Waals surface area contributed by atoms with Crippen LogP contribution in [0.1, 0.15) is 21.0 Å². The Morgan fingerprint density at radius 2 is 1.79 bits per heavy atom. The number of sulfonamides is 1. The van der Waals surface area contributed by atoms with E-state index in [4.69, 9.17) is 4.74 Å². The number of anilines is 1. The summed E-state index contributed by atoms with van der Waals surface area (Å²) in [4.78, 5) is 18.6. The average molecular weight is 486 g/mol. The van der Waals surface area contributed by atoms with E-state index in [1.165, 1.54) is 21.7 Å². The smallest absolute Gasteiger partial charge is 0.243 e. The van der Waals surface area contributed by atoms with Gasteiger partial charge >= 0.3 is 0 Å². The van der Waals surface area contributed by atoms with Crippen LogP contribution in [0, 0.1) is 20.8 Å². The molecule has 1 amide bonds. The maximum Gasteiger partial charge on any atom is 0.243 e. The highest BCUT2D eigenvalue weighted by Gasteiger charge is 2.28. The summed E-state index contributed by atoms with van der Waals surface area (Å²) in [6.45, 7) is 7.12. The number of ether oxygens (including phenoxy) is 1. The zero-order valence-corrected chi connectivity index (χ0v) is 20.6. The zero-order valence-electron chi connectivity index (χ0n) is 18.9. The minimum absolute atomic E-state index is 0.161. The lowest BCUT2D eigenvalue weighted by atomic mass is 10.1. The molecule has 1 saturated heterocycles. The number of hydrogen-bond acceptors (Lipinski definition) is 6. The third kappa shape index (κ3) is 5.33. The molecule has 7 nitrogen and oxygen atoms in total. The molecule has 33 heavy (non-hydrogen) atoms. The highest BCUT2D eigenvalue weighted by molar-refractivity contribution is 7.89. The molecular weight excluding hydrogens is 458 g/mol. The largest absolute Gasteiger partial charge is 0.379 e. The number of thiazole rings is 1. The van der Waals surface area contributed by atoms with Crippen molar-refractivity contribution in [3.8, 4) is 11.3 Å². The topological polar surface area (TPSA) is 88.6 Å². The van der Waals surface area contributed by atoms with E-state index in [0.29, 0.717) is 37.6 Å². The molecule has 2 aromatic carbocycles. The summed E-state index contributed by atoms with van der Waals surface area (Å²) < 4.78 is 32.9. The number of nitrogens with zero attached hydrogens (tertiary/aromatic N) is 2. The van der Waals surface area contributed by atoms with E-state index in [1.807, 2.05) is 38.1 Å². The minimum Gasteiger partial charge on any atom is -0.379 e. The second-order valence-electron chi connectivity index (χ2n) is 8.09. The molecule has 0 aliphatic carbocycles. The summed E-state index contributed by atoms with van der Waals surface area (Å²) in [5.74, 6) is -0.217. The van der Waals surface area contributed by atoms with Crippen molar-refractivity contribution in [1.29, 1.82) is 0 Å². The number of carbonyl (C=O) groups is 1. The van der Waals surface area contributed by atoms with Crippen LogP contribution >= 0.6 is 11.3 Å². The number of aryl methyl sites for hydroxylation is 3. The molecule has 1 aliphatic rings. The van der Waals surface area contributed by atoms with Crippen molar-refractivity contribution < 1.29 is 17.9 Å². The predicted molar refractivity (Wildman–Crippen MR) is 130 cm³/mol. The fraction of sp³-hybridized carbons (Fsp3) is 0.333. The van der Waals surface area contributed by atoms with Crippen molar-refractivity contribution in [2.45, 2.75) is 32.1 Å². The summed E-state index contributed by atoms with van der Waals surface area (Å²) >= 11 is 1.49. The molecule has 0 bridgehead atoms. The van der Waals surface area contributed by atoms with Gasteiger partial charge < -0.3 is 10.1 Å². The Morgan fingerprint density at radius 1 is 1.09 bits per heavy atom. The molecular formula is C24H27N3O4S2. The molecule has 0 saturated carbocycles. The second kappa shape index (κ2) is 9.72. The first kappa shape index (κ1) is 23.6. The van der Waals surface area contributed by atoms with Crippen molar-refractivity contribution in [1.82, 2.24) is 9.29 Å². The molecule has 2 heterocycles. The van der Waals surface area contributed by atoms with Gasteiger partial charge in [0.2, 0.25) is 15.9 Å². The summed E-state index contributed by atoms with van der Waals surface area (Å²) in [7, 11) is -3.66. The van der Waals surface area contributed by atoms with Gasteiger partial charge in [0.05, 0.1) is 35.2 Å². The monoisotopic (exact) mass is 485 g/mol. The van der Waals surface area contributed by atoms with Gasteiger partial charge in [-0.05, 0) is 38.5 Å². The van der Waals surface area contributed by atoms with E-state index in [0.717, 1.165) is 26.7 Å². The number of carbonyl (C=O) groups excluding carboxylic acids is 1. The van der Waals surface area contributed by atoms with E-state index in [1.54, 1.807) is 19.1 Å². The highest BCUT2D eigenvalue weighted by atomic mass is 32.2. The Kier molecular flexibility index (Phi) is 6.94. The van der Waals surface area contributed by atoms with Gasteiger partial charge in [0.1, 0.15) is 0 Å². The molecule has 9 heteroatoms. The number of rotatable bonds is 6. The number of nitrogens with one attached hydrogen (secondary N) is 1. The molecule has 1 fully saturated rings. The second-order valence-corrected chi connectivity index (χ2v) is 11.3. The van der Waals surface area contributed by atoms with E-state index < -0.39 is 10.0 Å². The summed E-state index contributed by atoms with van der Waals surface area (Å²) in [5, 5.41) is 3.75. The fourth-order valence-electron chi connectivity index (χ4n) is 3.76. The summed E-state index contributed by atoms with van der Waals surface area (Å²) in [5.41, 5.74) is 4.04. The van der Waals surface area contributed by atoms with E-state index >= 15 is 0 Å². The van der Waals surface area contributed by atoms with Gasteiger partial charge in [-0.3, -0.25) is 4.79 Å². The lowest BCUT2D eigenvalue weighted by Gasteiger charge is -2.26. The molecule has 0 unspecified atom stereocenters. The third-order valence-corrected chi connectivity index (χ3v) is 8.52. The van der Waals surface area contributed by atoms with Gasteiger partial charge in [-0.15, -0.1) is 11.3 Å². The SMILES string of the molecule is Cc1ccc(-c2nc(C)sc2CC(=O)Nc2ccc(C)c(S(=O)(=O)N3CCOCC3)c2)cc1. The average Bonchev–Trinajstić information content (AvgIpc) is 3.15. The number of amides is 1. The predicted octanol–water partition coefficient (Wildman–Crippen LogP) is 3.94. The van der Waals surface area contributed by atoms with E-state index in [-0.39, 0.29) is 17.2 Å². The Morgan fingerprint density at radius 3 is 2.48 bits per heavy atom. The first-order valence-corrected chi connectivity index (χ1v) is 13.0. The lowest BCUT2D eigenvalue weighted by molar-refractivity contribution is -0.115. The maximum absolute atomic E-state index is 13.1. The van der Waals surface area contributed by atoms with Crippen LogP contribution in [0.25, 0.3) is 11.3 Å². The van der Waals surface area contributed by atoms with Gasteiger partial charge in [0, 0.05) is 29.2 Å². The standard InChI is InChI=1S/C24H27N3O4S2/c1-16-4-7-19(8-5-16)24-21(32-18(3)25-24)15-23(28)26-20-9-6-17(2)22(14-20)33(29,30)27-10-12-31-13-11-27/h4-9,14H,10-13,15H2,1-3H3,(H,26,28). The van der Waals surface area contributed by atoms with Gasteiger partial charge in [0.15, 0.2) is 0 Å². The Labute approximate surface area is 198 Å². The van der Waals surface area contributed by atoms with Crippen molar-refractivity contribution in [2.75, 3.05) is 31.6 Å². The van der Waals surface area contributed by atoms with Gasteiger partial charge in [-0.2, -0.15) is 4.31 Å². The van der Waals surface area contributed by atoms with Crippen LogP contribution in [0.15, 0.2) is 47.4 Å². The summed E-state index contributed by atoms with van der Waals surface area (Å²) in [6, 6.07) is 13.0. The fourth-order valence-corrected chi connectivity index (χ4v) is 6.37. The van der Waals surface area contributed by atoms with Crippen molar-refractivity contribution in [3.05, 3.63) is 63.5 Å². The van der Waals surface area contributed by atoms with Crippen LogP contribution < -0.4 is 5.32 Å². The van der Waals surface area contributed by atoms with Crippen molar-refractivity contribution >= 4 is 33.0 Å². The molecule has 0 radical (unpaired) electrons. The van der Waals surface area contributed by atoms with E-state index in [2.05, 4.69) is 10.3 Å². The van der Waals surface area contributed by atoms with Crippen LogP contribution in [-0.2, 0) is 26.0 Å². The first-order valence-electron chi connectivity index (χ1n) is 10.8. The normalized spacial score (nSPS) is 14.9. The van der Waals surface area contributed by atoms with Crippen LogP contribution in [0.4, 0.5) is 5.69 Å². The molecule has 1 N–H and O–H groups in total. The number of aromatic nitrogens is 1. The van der Waals surface area contributed by atoms with Crippen molar-refractivity contribution in [2.24, 2.45) is 0 Å². The zero-order chi connectivity index (χ0) is 23.6. The van der Waals surface area contributed by atoms with Crippen LogP contribution in [0.3, 0.4) is 0 Å². The Hall–Kier alpha value is -2.59.